The molecule has 0 aliphatic carbocycles. The fourth-order valence-electron chi connectivity index (χ4n) is 2.01. The van der Waals surface area contributed by atoms with E-state index in [1.807, 2.05) is 6.07 Å². The van der Waals surface area contributed by atoms with Gasteiger partial charge in [-0.15, -0.1) is 11.3 Å². The van der Waals surface area contributed by atoms with Gasteiger partial charge in [0.1, 0.15) is 11.6 Å². The van der Waals surface area contributed by atoms with Crippen LogP contribution in [0.15, 0.2) is 65.8 Å². The first kappa shape index (κ1) is 15.9. The molecule has 3 rings (SSSR count). The number of amides is 1. The number of aromatic hydroxyl groups is 1. The van der Waals surface area contributed by atoms with Crippen molar-refractivity contribution in [2.24, 2.45) is 5.10 Å². The average Bonchev–Trinajstić information content (AvgIpc) is 3.07. The summed E-state index contributed by atoms with van der Waals surface area (Å²) in [6, 6.07) is 16.1. The van der Waals surface area contributed by atoms with Gasteiger partial charge in [-0.25, -0.2) is 9.82 Å². The van der Waals surface area contributed by atoms with Crippen LogP contribution in [0.5, 0.6) is 5.75 Å². The summed E-state index contributed by atoms with van der Waals surface area (Å²) in [5.74, 6) is -0.441. The lowest BCUT2D eigenvalue weighted by Gasteiger charge is -1.98. The van der Waals surface area contributed by atoms with Crippen LogP contribution in [-0.2, 0) is 0 Å². The number of phenolic OH excluding ortho intramolecular Hbond substituents is 1. The number of hydrogen-bond donors (Lipinski definition) is 2. The highest BCUT2D eigenvalue weighted by molar-refractivity contribution is 7.17. The molecule has 2 aromatic carbocycles. The van der Waals surface area contributed by atoms with Gasteiger partial charge in [-0.2, -0.15) is 5.10 Å². The number of rotatable bonds is 4. The van der Waals surface area contributed by atoms with Gasteiger partial charge in [0.05, 0.1) is 11.1 Å². The second-order valence-electron chi connectivity index (χ2n) is 4.96. The van der Waals surface area contributed by atoms with Crippen molar-refractivity contribution in [1.29, 1.82) is 0 Å². The Morgan fingerprint density at radius 2 is 1.75 bits per heavy atom. The summed E-state index contributed by atoms with van der Waals surface area (Å²) in [5, 5.41) is 13.1. The van der Waals surface area contributed by atoms with Gasteiger partial charge in [-0.3, -0.25) is 4.79 Å². The van der Waals surface area contributed by atoms with Gasteiger partial charge in [0, 0.05) is 4.88 Å². The van der Waals surface area contributed by atoms with Crippen LogP contribution in [0.25, 0.3) is 10.4 Å². The molecule has 0 radical (unpaired) electrons. The van der Waals surface area contributed by atoms with Crippen LogP contribution in [0.4, 0.5) is 4.39 Å². The van der Waals surface area contributed by atoms with Crippen molar-refractivity contribution >= 4 is 23.5 Å². The van der Waals surface area contributed by atoms with Crippen LogP contribution in [0, 0.1) is 5.82 Å². The molecule has 0 unspecified atom stereocenters. The molecular weight excluding hydrogens is 327 g/mol. The number of benzene rings is 2. The summed E-state index contributed by atoms with van der Waals surface area (Å²) >= 11 is 1.31. The van der Waals surface area contributed by atoms with Crippen molar-refractivity contribution in [2.75, 3.05) is 0 Å². The fourth-order valence-corrected chi connectivity index (χ4v) is 2.91. The Morgan fingerprint density at radius 1 is 1.04 bits per heavy atom. The molecule has 0 spiro atoms. The van der Waals surface area contributed by atoms with Gasteiger partial charge in [-0.1, -0.05) is 12.1 Å². The maximum atomic E-state index is 12.9. The summed E-state index contributed by atoms with van der Waals surface area (Å²) in [7, 11) is 0. The van der Waals surface area contributed by atoms with Crippen molar-refractivity contribution in [3.63, 3.8) is 0 Å². The van der Waals surface area contributed by atoms with E-state index in [1.165, 1.54) is 41.8 Å². The van der Waals surface area contributed by atoms with Crippen molar-refractivity contribution < 1.29 is 14.3 Å². The summed E-state index contributed by atoms with van der Waals surface area (Å²) in [5.41, 5.74) is 4.06. The number of hydrazone groups is 1. The summed E-state index contributed by atoms with van der Waals surface area (Å²) < 4.78 is 12.9. The Bertz CT molecular complexity index is 871. The van der Waals surface area contributed by atoms with Crippen LogP contribution >= 0.6 is 11.3 Å². The maximum Gasteiger partial charge on any atom is 0.281 e. The molecule has 3 aromatic rings. The number of nitrogens with one attached hydrogen (secondary N) is 1. The van der Waals surface area contributed by atoms with Crippen molar-refractivity contribution in [1.82, 2.24) is 5.43 Å². The molecule has 1 heterocycles. The number of halogens is 1. The minimum absolute atomic E-state index is 0.170. The molecule has 4 nitrogen and oxygen atoms in total. The predicted octanol–water partition coefficient (Wildman–Crippen LogP) is 4.02. The maximum absolute atomic E-state index is 12.9. The summed E-state index contributed by atoms with van der Waals surface area (Å²) in [6.07, 6.45) is 1.49. The smallest absolute Gasteiger partial charge is 0.281 e. The van der Waals surface area contributed by atoms with E-state index >= 15 is 0 Å². The third kappa shape index (κ3) is 3.85. The number of thiophene rings is 1. The molecule has 0 bridgehead atoms. The Hall–Kier alpha value is -2.99. The Morgan fingerprint density at radius 3 is 2.46 bits per heavy atom. The van der Waals surface area contributed by atoms with Crippen molar-refractivity contribution in [3.8, 4) is 16.2 Å². The summed E-state index contributed by atoms with van der Waals surface area (Å²) in [6.45, 7) is 0. The van der Waals surface area contributed by atoms with Gasteiger partial charge in [0.15, 0.2) is 0 Å². The topological polar surface area (TPSA) is 61.7 Å². The van der Waals surface area contributed by atoms with E-state index in [-0.39, 0.29) is 17.5 Å². The highest BCUT2D eigenvalue weighted by atomic mass is 32.1. The van der Waals surface area contributed by atoms with Crippen LogP contribution < -0.4 is 5.43 Å². The first-order valence-electron chi connectivity index (χ1n) is 7.10. The molecule has 2 N–H and O–H groups in total. The lowest BCUT2D eigenvalue weighted by Crippen LogP contribution is -2.16. The number of nitrogens with zero attached hydrogens (tertiary/aromatic N) is 1. The van der Waals surface area contributed by atoms with E-state index in [2.05, 4.69) is 10.5 Å². The zero-order valence-corrected chi connectivity index (χ0v) is 13.3. The molecule has 1 aromatic heterocycles. The third-order valence-corrected chi connectivity index (χ3v) is 4.36. The Balaban J connectivity index is 1.65. The van der Waals surface area contributed by atoms with Crippen LogP contribution in [0.1, 0.15) is 15.2 Å². The molecule has 1 amide bonds. The highest BCUT2D eigenvalue weighted by Gasteiger charge is 2.09. The van der Waals surface area contributed by atoms with Crippen molar-refractivity contribution in [2.45, 2.75) is 0 Å². The van der Waals surface area contributed by atoms with E-state index in [9.17, 15) is 14.3 Å². The van der Waals surface area contributed by atoms with Crippen LogP contribution in [0.3, 0.4) is 0 Å². The second kappa shape index (κ2) is 7.06. The van der Waals surface area contributed by atoms with Gasteiger partial charge in [-0.05, 0) is 59.7 Å². The molecule has 0 atom stereocenters. The lowest BCUT2D eigenvalue weighted by atomic mass is 10.2. The van der Waals surface area contributed by atoms with Crippen molar-refractivity contribution in [3.05, 3.63) is 76.9 Å². The van der Waals surface area contributed by atoms with Gasteiger partial charge in [0.25, 0.3) is 5.91 Å². The zero-order chi connectivity index (χ0) is 16.9. The van der Waals surface area contributed by atoms with E-state index in [0.717, 1.165) is 16.0 Å². The highest BCUT2D eigenvalue weighted by Crippen LogP contribution is 2.28. The zero-order valence-electron chi connectivity index (χ0n) is 12.4. The molecular formula is C18H13FN2O2S. The molecule has 0 aliphatic rings. The molecule has 0 fully saturated rings. The van der Waals surface area contributed by atoms with Gasteiger partial charge in [0.2, 0.25) is 0 Å². The molecule has 0 saturated heterocycles. The second-order valence-corrected chi connectivity index (χ2v) is 6.05. The number of carbonyl (C=O) groups is 1. The third-order valence-electron chi connectivity index (χ3n) is 3.23. The fraction of sp³-hybridized carbons (Fsp3) is 0. The van der Waals surface area contributed by atoms with E-state index in [1.54, 1.807) is 30.3 Å². The molecule has 0 saturated carbocycles. The van der Waals surface area contributed by atoms with Gasteiger partial charge < -0.3 is 5.11 Å². The monoisotopic (exact) mass is 340 g/mol. The predicted molar refractivity (Wildman–Crippen MR) is 92.9 cm³/mol. The minimum Gasteiger partial charge on any atom is -0.508 e. The summed E-state index contributed by atoms with van der Waals surface area (Å²) in [4.78, 5) is 13.5. The number of hydrogen-bond acceptors (Lipinski definition) is 4. The van der Waals surface area contributed by atoms with E-state index in [4.69, 9.17) is 0 Å². The first-order valence-corrected chi connectivity index (χ1v) is 7.92. The standard InChI is InChI=1S/C18H13FN2O2S/c19-14-5-3-13(4-6-14)16-9-10-17(24-16)18(23)21-20-11-12-1-7-15(22)8-2-12/h1-11,22H,(H,21,23)/b20-11+. The number of carbonyl (C=O) groups excluding carboxylic acids is 1. The molecule has 0 aliphatic heterocycles. The van der Waals surface area contributed by atoms with E-state index in [0.29, 0.717) is 4.88 Å². The number of phenols is 1. The van der Waals surface area contributed by atoms with E-state index < -0.39 is 0 Å². The quantitative estimate of drug-likeness (QED) is 0.556. The Labute approximate surface area is 141 Å². The normalized spacial score (nSPS) is 10.9. The molecule has 120 valence electrons. The lowest BCUT2D eigenvalue weighted by molar-refractivity contribution is 0.0959. The molecule has 6 heteroatoms. The minimum atomic E-state index is -0.316. The largest absolute Gasteiger partial charge is 0.508 e. The average molecular weight is 340 g/mol. The van der Waals surface area contributed by atoms with Gasteiger partial charge >= 0.3 is 0 Å². The van der Waals surface area contributed by atoms with Crippen LogP contribution in [0.2, 0.25) is 0 Å². The van der Waals surface area contributed by atoms with Crippen LogP contribution in [-0.4, -0.2) is 17.2 Å². The molecule has 24 heavy (non-hydrogen) atoms. The first-order chi connectivity index (χ1) is 11.6. The SMILES string of the molecule is O=C(N/N=C/c1ccc(O)cc1)c1ccc(-c2ccc(F)cc2)s1. The Kier molecular flexibility index (Phi) is 4.67.